The van der Waals surface area contributed by atoms with Crippen molar-refractivity contribution in [3.63, 3.8) is 0 Å². The fourth-order valence-corrected chi connectivity index (χ4v) is 2.39. The molecule has 0 unspecified atom stereocenters. The van der Waals surface area contributed by atoms with Crippen molar-refractivity contribution in [2.45, 2.75) is 20.0 Å². The molecule has 27 heavy (non-hydrogen) atoms. The van der Waals surface area contributed by atoms with E-state index in [1.807, 2.05) is 19.1 Å². The van der Waals surface area contributed by atoms with E-state index in [1.54, 1.807) is 12.1 Å². The number of carbonyl (C=O) groups excluding carboxylic acids is 1. The van der Waals surface area contributed by atoms with Crippen LogP contribution in [0.3, 0.4) is 0 Å². The second-order valence-electron chi connectivity index (χ2n) is 5.72. The van der Waals surface area contributed by atoms with Crippen LogP contribution in [-0.4, -0.2) is 17.5 Å². The fraction of sp³-hybridized carbons (Fsp3) is 0.182. The van der Waals surface area contributed by atoms with Gasteiger partial charge in [-0.1, -0.05) is 60.7 Å². The van der Waals surface area contributed by atoms with Crippen molar-refractivity contribution in [3.8, 4) is 5.75 Å². The third-order valence-corrected chi connectivity index (χ3v) is 3.65. The molecule has 0 aliphatic heterocycles. The highest BCUT2D eigenvalue weighted by molar-refractivity contribution is 5.93. The number of rotatable bonds is 7. The molecule has 0 aliphatic rings. The summed E-state index contributed by atoms with van der Waals surface area (Å²) >= 11 is 0. The smallest absolute Gasteiger partial charge is 0.271 e. The average Bonchev–Trinajstić information content (AvgIpc) is 2.71. The third kappa shape index (κ3) is 7.30. The standard InChI is InChI=1S/C14H15N.C8H10N2O2/c1-3-7-13(8-4-1)11-15-12-14-9-5-2-6-10-14;1-2-12-6-4-3-5-10-7(6)8(9)11/h1-10,15H,11-12H2;3-5H,2H2,1H3,(H2,9,11). The lowest BCUT2D eigenvalue weighted by Gasteiger charge is -2.04. The Morgan fingerprint density at radius 3 is 1.96 bits per heavy atom. The largest absolute Gasteiger partial charge is 0.491 e. The van der Waals surface area contributed by atoms with Crippen LogP contribution in [0.5, 0.6) is 5.75 Å². The number of carbonyl (C=O) groups is 1. The Bertz CT molecular complexity index is 769. The summed E-state index contributed by atoms with van der Waals surface area (Å²) in [5.74, 6) is -0.133. The molecule has 5 heteroatoms. The Labute approximate surface area is 160 Å². The van der Waals surface area contributed by atoms with E-state index < -0.39 is 5.91 Å². The van der Waals surface area contributed by atoms with Crippen molar-refractivity contribution < 1.29 is 9.53 Å². The number of benzene rings is 2. The maximum atomic E-state index is 10.8. The Kier molecular flexibility index (Phi) is 8.53. The molecular weight excluding hydrogens is 338 g/mol. The minimum Gasteiger partial charge on any atom is -0.491 e. The summed E-state index contributed by atoms with van der Waals surface area (Å²) in [4.78, 5) is 14.6. The predicted octanol–water partition coefficient (Wildman–Crippen LogP) is 3.56. The van der Waals surface area contributed by atoms with Gasteiger partial charge in [-0.05, 0) is 30.2 Å². The highest BCUT2D eigenvalue weighted by atomic mass is 16.5. The van der Waals surface area contributed by atoms with Crippen LogP contribution in [0, 0.1) is 0 Å². The first-order valence-corrected chi connectivity index (χ1v) is 8.87. The van der Waals surface area contributed by atoms with Gasteiger partial charge in [-0.25, -0.2) is 4.98 Å². The van der Waals surface area contributed by atoms with Gasteiger partial charge in [0.2, 0.25) is 0 Å². The Balaban J connectivity index is 0.000000199. The number of nitrogens with zero attached hydrogens (tertiary/aromatic N) is 1. The van der Waals surface area contributed by atoms with Crippen molar-refractivity contribution in [2.75, 3.05) is 6.61 Å². The lowest BCUT2D eigenvalue weighted by atomic mass is 10.2. The highest BCUT2D eigenvalue weighted by Crippen LogP contribution is 2.13. The molecule has 3 N–H and O–H groups in total. The van der Waals surface area contributed by atoms with E-state index in [0.29, 0.717) is 12.4 Å². The molecule has 1 amide bonds. The third-order valence-electron chi connectivity index (χ3n) is 3.65. The lowest BCUT2D eigenvalue weighted by molar-refractivity contribution is 0.0991. The van der Waals surface area contributed by atoms with Crippen molar-refractivity contribution in [2.24, 2.45) is 5.73 Å². The molecule has 2 aromatic carbocycles. The number of amides is 1. The number of primary amides is 1. The van der Waals surface area contributed by atoms with Crippen LogP contribution in [0.2, 0.25) is 0 Å². The summed E-state index contributed by atoms with van der Waals surface area (Å²) in [6.45, 7) is 4.18. The minimum absolute atomic E-state index is 0.180. The molecule has 1 heterocycles. The van der Waals surface area contributed by atoms with E-state index in [2.05, 4.69) is 58.8 Å². The molecule has 3 rings (SSSR count). The van der Waals surface area contributed by atoms with Crippen LogP contribution in [0.15, 0.2) is 79.0 Å². The number of hydrogen-bond donors (Lipinski definition) is 2. The maximum Gasteiger partial charge on any atom is 0.271 e. The van der Waals surface area contributed by atoms with Gasteiger partial charge in [0.25, 0.3) is 5.91 Å². The van der Waals surface area contributed by atoms with E-state index in [1.165, 1.54) is 17.3 Å². The van der Waals surface area contributed by atoms with Crippen LogP contribution >= 0.6 is 0 Å². The van der Waals surface area contributed by atoms with Crippen molar-refractivity contribution >= 4 is 5.91 Å². The first-order valence-electron chi connectivity index (χ1n) is 8.87. The zero-order valence-electron chi connectivity index (χ0n) is 15.5. The van der Waals surface area contributed by atoms with Gasteiger partial charge >= 0.3 is 0 Å². The summed E-state index contributed by atoms with van der Waals surface area (Å²) in [5.41, 5.74) is 7.90. The molecule has 0 fully saturated rings. The van der Waals surface area contributed by atoms with E-state index in [0.717, 1.165) is 13.1 Å². The van der Waals surface area contributed by atoms with E-state index in [-0.39, 0.29) is 5.69 Å². The SMILES string of the molecule is CCOc1cccnc1C(N)=O.c1ccc(CNCc2ccccc2)cc1. The second-order valence-corrected chi connectivity index (χ2v) is 5.72. The van der Waals surface area contributed by atoms with Gasteiger partial charge in [0, 0.05) is 19.3 Å². The van der Waals surface area contributed by atoms with Gasteiger partial charge in [0.15, 0.2) is 11.4 Å². The number of pyridine rings is 1. The van der Waals surface area contributed by atoms with Crippen molar-refractivity contribution in [3.05, 3.63) is 95.8 Å². The minimum atomic E-state index is -0.570. The van der Waals surface area contributed by atoms with Crippen molar-refractivity contribution in [1.29, 1.82) is 0 Å². The van der Waals surface area contributed by atoms with Crippen LogP contribution in [-0.2, 0) is 13.1 Å². The molecule has 0 aliphatic carbocycles. The molecule has 0 atom stereocenters. The van der Waals surface area contributed by atoms with E-state index >= 15 is 0 Å². The van der Waals surface area contributed by atoms with Crippen LogP contribution in [0.25, 0.3) is 0 Å². The molecule has 3 aromatic rings. The summed E-state index contributed by atoms with van der Waals surface area (Å²) in [6.07, 6.45) is 1.50. The van der Waals surface area contributed by atoms with Crippen LogP contribution < -0.4 is 15.8 Å². The van der Waals surface area contributed by atoms with Crippen molar-refractivity contribution in [1.82, 2.24) is 10.3 Å². The number of aromatic nitrogens is 1. The maximum absolute atomic E-state index is 10.8. The quantitative estimate of drug-likeness (QED) is 0.673. The highest BCUT2D eigenvalue weighted by Gasteiger charge is 2.08. The zero-order chi connectivity index (χ0) is 19.3. The van der Waals surface area contributed by atoms with Gasteiger partial charge in [-0.2, -0.15) is 0 Å². The number of ether oxygens (including phenoxy) is 1. The van der Waals surface area contributed by atoms with Gasteiger partial charge in [0.1, 0.15) is 0 Å². The van der Waals surface area contributed by atoms with Gasteiger partial charge in [0.05, 0.1) is 6.61 Å². The molecule has 1 aromatic heterocycles. The second kappa shape index (κ2) is 11.4. The molecule has 5 nitrogen and oxygen atoms in total. The van der Waals surface area contributed by atoms with Gasteiger partial charge in [-0.3, -0.25) is 4.79 Å². The first kappa shape index (κ1) is 20.1. The molecule has 0 bridgehead atoms. The number of hydrogen-bond acceptors (Lipinski definition) is 4. The van der Waals surface area contributed by atoms with Crippen LogP contribution in [0.4, 0.5) is 0 Å². The molecule has 0 radical (unpaired) electrons. The van der Waals surface area contributed by atoms with Crippen LogP contribution in [0.1, 0.15) is 28.5 Å². The molecule has 0 saturated carbocycles. The Hall–Kier alpha value is -3.18. The average molecular weight is 363 g/mol. The topological polar surface area (TPSA) is 77.2 Å². The summed E-state index contributed by atoms with van der Waals surface area (Å²) in [6, 6.07) is 24.3. The molecule has 140 valence electrons. The predicted molar refractivity (Wildman–Crippen MR) is 107 cm³/mol. The first-order chi connectivity index (χ1) is 13.2. The Morgan fingerprint density at radius 1 is 0.926 bits per heavy atom. The normalized spacial score (nSPS) is 9.81. The fourth-order valence-electron chi connectivity index (χ4n) is 2.39. The number of nitrogens with one attached hydrogen (secondary N) is 1. The number of nitrogens with two attached hydrogens (primary N) is 1. The molecule has 0 saturated heterocycles. The zero-order valence-corrected chi connectivity index (χ0v) is 15.5. The summed E-state index contributed by atoms with van der Waals surface area (Å²) < 4.78 is 5.13. The van der Waals surface area contributed by atoms with E-state index in [4.69, 9.17) is 10.5 Å². The van der Waals surface area contributed by atoms with Gasteiger partial charge < -0.3 is 15.8 Å². The Morgan fingerprint density at radius 2 is 1.48 bits per heavy atom. The summed E-state index contributed by atoms with van der Waals surface area (Å²) in [7, 11) is 0. The molecular formula is C22H25N3O2. The van der Waals surface area contributed by atoms with E-state index in [9.17, 15) is 4.79 Å². The summed E-state index contributed by atoms with van der Waals surface area (Å²) in [5, 5.41) is 3.42. The lowest BCUT2D eigenvalue weighted by Crippen LogP contribution is -2.14. The monoisotopic (exact) mass is 363 g/mol. The van der Waals surface area contributed by atoms with Gasteiger partial charge in [-0.15, -0.1) is 0 Å². The molecule has 0 spiro atoms.